The van der Waals surface area contributed by atoms with Gasteiger partial charge in [-0.3, -0.25) is 4.79 Å². The van der Waals surface area contributed by atoms with Crippen LogP contribution in [-0.2, 0) is 4.79 Å². The molecule has 0 aliphatic rings. The lowest BCUT2D eigenvalue weighted by atomic mass is 10.0. The van der Waals surface area contributed by atoms with Crippen molar-refractivity contribution in [3.8, 4) is 11.8 Å². The molecule has 0 aliphatic heterocycles. The normalized spacial score (nSPS) is 11.5. The molecule has 0 radical (unpaired) electrons. The van der Waals surface area contributed by atoms with E-state index in [1.54, 1.807) is 20.2 Å². The van der Waals surface area contributed by atoms with E-state index in [0.717, 1.165) is 22.6 Å². The fourth-order valence-corrected chi connectivity index (χ4v) is 2.88. The highest BCUT2D eigenvalue weighted by atomic mass is 16.2. The zero-order valence-corrected chi connectivity index (χ0v) is 15.8. The van der Waals surface area contributed by atoms with E-state index < -0.39 is 0 Å². The Labute approximate surface area is 150 Å². The molecule has 1 aromatic heterocycles. The summed E-state index contributed by atoms with van der Waals surface area (Å²) < 4.78 is 2.14. The Balaban J connectivity index is 2.48. The maximum atomic E-state index is 12.1. The monoisotopic (exact) mass is 335 g/mol. The summed E-state index contributed by atoms with van der Waals surface area (Å²) in [5.41, 5.74) is 5.48. The van der Waals surface area contributed by atoms with Crippen LogP contribution in [0, 0.1) is 25.2 Å². The third kappa shape index (κ3) is 3.83. The Kier molecular flexibility index (Phi) is 5.48. The molecule has 1 aromatic carbocycles. The van der Waals surface area contributed by atoms with Gasteiger partial charge in [-0.2, -0.15) is 5.26 Å². The number of amides is 1. The molecular formula is C21H25N3O. The van der Waals surface area contributed by atoms with Crippen molar-refractivity contribution < 1.29 is 4.79 Å². The van der Waals surface area contributed by atoms with E-state index in [-0.39, 0.29) is 11.5 Å². The second-order valence-corrected chi connectivity index (χ2v) is 6.78. The minimum absolute atomic E-state index is 0.139. The van der Waals surface area contributed by atoms with Gasteiger partial charge in [0.05, 0.1) is 0 Å². The van der Waals surface area contributed by atoms with E-state index in [1.165, 1.54) is 10.5 Å². The van der Waals surface area contributed by atoms with Crippen LogP contribution in [0.25, 0.3) is 11.8 Å². The molecular weight excluding hydrogens is 310 g/mol. The Morgan fingerprint density at radius 3 is 2.28 bits per heavy atom. The SMILES string of the molecule is Cc1cc(/C=C(/C#N)C(=O)N(C)C)c(C)n1-c1ccc(C(C)C)cc1. The molecule has 2 rings (SSSR count). The zero-order valence-electron chi connectivity index (χ0n) is 15.8. The van der Waals surface area contributed by atoms with E-state index in [2.05, 4.69) is 42.7 Å². The van der Waals surface area contributed by atoms with Gasteiger partial charge >= 0.3 is 0 Å². The largest absolute Gasteiger partial charge is 0.344 e. The number of aryl methyl sites for hydroxylation is 1. The maximum absolute atomic E-state index is 12.1. The van der Waals surface area contributed by atoms with Crippen LogP contribution in [0.5, 0.6) is 0 Å². The summed E-state index contributed by atoms with van der Waals surface area (Å²) in [5.74, 6) is 0.211. The van der Waals surface area contributed by atoms with Crippen molar-refractivity contribution in [1.29, 1.82) is 5.26 Å². The Hall–Kier alpha value is -2.80. The van der Waals surface area contributed by atoms with Gasteiger partial charge in [0.15, 0.2) is 0 Å². The van der Waals surface area contributed by atoms with Gasteiger partial charge in [0.25, 0.3) is 5.91 Å². The molecule has 0 N–H and O–H groups in total. The predicted molar refractivity (Wildman–Crippen MR) is 102 cm³/mol. The summed E-state index contributed by atoms with van der Waals surface area (Å²) in [6.07, 6.45) is 1.67. The molecule has 0 fully saturated rings. The molecule has 0 unspecified atom stereocenters. The van der Waals surface area contributed by atoms with Crippen molar-refractivity contribution in [2.75, 3.05) is 14.1 Å². The molecule has 1 amide bonds. The lowest BCUT2D eigenvalue weighted by molar-refractivity contribution is -0.124. The molecule has 0 saturated carbocycles. The summed E-state index contributed by atoms with van der Waals surface area (Å²) in [7, 11) is 3.29. The third-order valence-corrected chi connectivity index (χ3v) is 4.35. The Morgan fingerprint density at radius 1 is 1.20 bits per heavy atom. The molecule has 0 saturated heterocycles. The smallest absolute Gasteiger partial charge is 0.264 e. The predicted octanol–water partition coefficient (Wildman–Crippen LogP) is 4.21. The zero-order chi connectivity index (χ0) is 18.7. The number of likely N-dealkylation sites (N-methyl/N-ethyl adjacent to an activating group) is 1. The van der Waals surface area contributed by atoms with Gasteiger partial charge in [0.2, 0.25) is 0 Å². The van der Waals surface area contributed by atoms with Gasteiger partial charge in [-0.1, -0.05) is 26.0 Å². The van der Waals surface area contributed by atoms with Crippen molar-refractivity contribution in [2.24, 2.45) is 0 Å². The van der Waals surface area contributed by atoms with Gasteiger partial charge in [-0.05, 0) is 55.2 Å². The second-order valence-electron chi connectivity index (χ2n) is 6.78. The van der Waals surface area contributed by atoms with E-state index in [1.807, 2.05) is 26.0 Å². The quantitative estimate of drug-likeness (QED) is 0.620. The first-order valence-electron chi connectivity index (χ1n) is 8.39. The minimum Gasteiger partial charge on any atom is -0.344 e. The van der Waals surface area contributed by atoms with Gasteiger partial charge in [-0.15, -0.1) is 0 Å². The first-order valence-corrected chi connectivity index (χ1v) is 8.39. The number of hydrogen-bond acceptors (Lipinski definition) is 2. The first-order chi connectivity index (χ1) is 11.8. The molecule has 0 bridgehead atoms. The highest BCUT2D eigenvalue weighted by Gasteiger charge is 2.15. The Bertz CT molecular complexity index is 847. The van der Waals surface area contributed by atoms with Crippen LogP contribution in [0.4, 0.5) is 0 Å². The average molecular weight is 335 g/mol. The van der Waals surface area contributed by atoms with Gasteiger partial charge in [-0.25, -0.2) is 0 Å². The standard InChI is InChI=1S/C21H25N3O/c1-14(2)17-7-9-20(10-8-17)24-15(3)11-18(16(24)4)12-19(13-22)21(25)23(5)6/h7-12,14H,1-6H3/b19-12-. The second kappa shape index (κ2) is 7.40. The number of nitrogens with zero attached hydrogens (tertiary/aromatic N) is 3. The number of benzene rings is 1. The Morgan fingerprint density at radius 2 is 1.80 bits per heavy atom. The summed E-state index contributed by atoms with van der Waals surface area (Å²) in [6.45, 7) is 8.38. The van der Waals surface area contributed by atoms with Crippen LogP contribution in [0.3, 0.4) is 0 Å². The molecule has 0 atom stereocenters. The molecule has 4 nitrogen and oxygen atoms in total. The molecule has 0 aliphatic carbocycles. The van der Waals surface area contributed by atoms with Crippen molar-refractivity contribution in [2.45, 2.75) is 33.6 Å². The van der Waals surface area contributed by atoms with Crippen LogP contribution in [-0.4, -0.2) is 29.5 Å². The van der Waals surface area contributed by atoms with Crippen LogP contribution >= 0.6 is 0 Å². The van der Waals surface area contributed by atoms with E-state index in [0.29, 0.717) is 5.92 Å². The topological polar surface area (TPSA) is 49.0 Å². The molecule has 0 spiro atoms. The molecule has 2 aromatic rings. The van der Waals surface area contributed by atoms with E-state index >= 15 is 0 Å². The van der Waals surface area contributed by atoms with Crippen molar-refractivity contribution in [3.05, 3.63) is 58.4 Å². The number of carbonyl (C=O) groups excluding carboxylic acids is 1. The molecule has 25 heavy (non-hydrogen) atoms. The summed E-state index contributed by atoms with van der Waals surface area (Å²) >= 11 is 0. The van der Waals surface area contributed by atoms with Gasteiger partial charge < -0.3 is 9.47 Å². The van der Waals surface area contributed by atoms with Crippen molar-refractivity contribution in [1.82, 2.24) is 9.47 Å². The third-order valence-electron chi connectivity index (χ3n) is 4.35. The van der Waals surface area contributed by atoms with Gasteiger partial charge in [0.1, 0.15) is 11.6 Å². The van der Waals surface area contributed by atoms with E-state index in [9.17, 15) is 10.1 Å². The number of rotatable bonds is 4. The number of aromatic nitrogens is 1. The molecule has 1 heterocycles. The number of carbonyl (C=O) groups is 1. The number of nitriles is 1. The fourth-order valence-electron chi connectivity index (χ4n) is 2.88. The highest BCUT2D eigenvalue weighted by Crippen LogP contribution is 2.24. The average Bonchev–Trinajstić information content (AvgIpc) is 2.85. The highest BCUT2D eigenvalue weighted by molar-refractivity contribution is 6.01. The lowest BCUT2D eigenvalue weighted by Gasteiger charge is -2.12. The van der Waals surface area contributed by atoms with Gasteiger partial charge in [0, 0.05) is 31.2 Å². The minimum atomic E-state index is -0.284. The number of hydrogen-bond donors (Lipinski definition) is 0. The van der Waals surface area contributed by atoms with Crippen LogP contribution < -0.4 is 0 Å². The molecule has 4 heteroatoms. The summed E-state index contributed by atoms with van der Waals surface area (Å²) in [4.78, 5) is 13.5. The van der Waals surface area contributed by atoms with E-state index in [4.69, 9.17) is 0 Å². The van der Waals surface area contributed by atoms with Crippen LogP contribution in [0.1, 0.15) is 42.3 Å². The maximum Gasteiger partial charge on any atom is 0.264 e. The summed E-state index contributed by atoms with van der Waals surface area (Å²) in [6, 6.07) is 12.5. The lowest BCUT2D eigenvalue weighted by Crippen LogP contribution is -2.22. The summed E-state index contributed by atoms with van der Waals surface area (Å²) in [5, 5.41) is 9.30. The van der Waals surface area contributed by atoms with Crippen LogP contribution in [0.2, 0.25) is 0 Å². The fraction of sp³-hybridized carbons (Fsp3) is 0.333. The van der Waals surface area contributed by atoms with Crippen LogP contribution in [0.15, 0.2) is 35.9 Å². The van der Waals surface area contributed by atoms with Crippen molar-refractivity contribution in [3.63, 3.8) is 0 Å². The first kappa shape index (κ1) is 18.5. The van der Waals surface area contributed by atoms with Crippen molar-refractivity contribution >= 4 is 12.0 Å². The molecule has 130 valence electrons.